The van der Waals surface area contributed by atoms with Gasteiger partial charge in [0.1, 0.15) is 4.21 Å². The Labute approximate surface area is 126 Å². The first-order valence-electron chi connectivity index (χ1n) is 5.71. The van der Waals surface area contributed by atoms with E-state index in [9.17, 15) is 13.2 Å². The van der Waals surface area contributed by atoms with Crippen molar-refractivity contribution in [3.8, 4) is 0 Å². The number of nitrogens with zero attached hydrogens (tertiary/aromatic N) is 1. The Morgan fingerprint density at radius 2 is 2.16 bits per heavy atom. The van der Waals surface area contributed by atoms with Gasteiger partial charge in [0.05, 0.1) is 6.54 Å². The zero-order valence-electron chi connectivity index (χ0n) is 11.0. The SMILES string of the molecule is CC(C)CNC(=O)CN(C)S(=O)(=O)c1sccc1Br. The van der Waals surface area contributed by atoms with E-state index in [2.05, 4.69) is 21.2 Å². The fourth-order valence-electron chi connectivity index (χ4n) is 1.27. The molecule has 0 unspecified atom stereocenters. The highest BCUT2D eigenvalue weighted by Crippen LogP contribution is 2.29. The molecule has 0 saturated carbocycles. The minimum absolute atomic E-state index is 0.181. The van der Waals surface area contributed by atoms with Gasteiger partial charge in [-0.1, -0.05) is 13.8 Å². The van der Waals surface area contributed by atoms with Crippen LogP contribution in [0.1, 0.15) is 13.8 Å². The summed E-state index contributed by atoms with van der Waals surface area (Å²) in [5.41, 5.74) is 0. The molecule has 1 N–H and O–H groups in total. The van der Waals surface area contributed by atoms with Crippen LogP contribution in [-0.2, 0) is 14.8 Å². The Kier molecular flexibility index (Phi) is 5.97. The van der Waals surface area contributed by atoms with Crippen LogP contribution in [0.25, 0.3) is 0 Å². The smallest absolute Gasteiger partial charge is 0.253 e. The van der Waals surface area contributed by atoms with E-state index in [0.29, 0.717) is 16.9 Å². The number of amides is 1. The summed E-state index contributed by atoms with van der Waals surface area (Å²) in [4.78, 5) is 11.6. The largest absolute Gasteiger partial charge is 0.355 e. The molecular weight excluding hydrogens is 352 g/mol. The molecule has 0 spiro atoms. The monoisotopic (exact) mass is 368 g/mol. The fraction of sp³-hybridized carbons (Fsp3) is 0.545. The van der Waals surface area contributed by atoms with E-state index in [4.69, 9.17) is 0 Å². The van der Waals surface area contributed by atoms with Gasteiger partial charge in [0.2, 0.25) is 5.91 Å². The van der Waals surface area contributed by atoms with Gasteiger partial charge in [-0.15, -0.1) is 11.3 Å². The van der Waals surface area contributed by atoms with Gasteiger partial charge in [0.15, 0.2) is 0 Å². The molecular formula is C11H17BrN2O3S2. The first-order valence-corrected chi connectivity index (χ1v) is 8.82. The van der Waals surface area contributed by atoms with Crippen molar-refractivity contribution < 1.29 is 13.2 Å². The average Bonchev–Trinajstić information content (AvgIpc) is 2.73. The van der Waals surface area contributed by atoms with Crippen LogP contribution in [0.4, 0.5) is 0 Å². The van der Waals surface area contributed by atoms with Crippen LogP contribution >= 0.6 is 27.3 Å². The highest BCUT2D eigenvalue weighted by atomic mass is 79.9. The first-order chi connectivity index (χ1) is 8.75. The fourth-order valence-corrected chi connectivity index (χ4v) is 4.90. The van der Waals surface area contributed by atoms with Crippen molar-refractivity contribution in [1.29, 1.82) is 0 Å². The summed E-state index contributed by atoms with van der Waals surface area (Å²) in [6.45, 7) is 4.31. The Morgan fingerprint density at radius 3 is 2.63 bits per heavy atom. The summed E-state index contributed by atoms with van der Waals surface area (Å²) >= 11 is 4.31. The molecule has 0 aliphatic carbocycles. The number of halogens is 1. The molecule has 0 aromatic carbocycles. The van der Waals surface area contributed by atoms with E-state index in [0.717, 1.165) is 15.6 Å². The maximum Gasteiger partial charge on any atom is 0.253 e. The number of sulfonamides is 1. The highest BCUT2D eigenvalue weighted by Gasteiger charge is 2.26. The van der Waals surface area contributed by atoms with E-state index in [1.807, 2.05) is 13.8 Å². The number of likely N-dealkylation sites (N-methyl/N-ethyl adjacent to an activating group) is 1. The third-order valence-corrected chi connectivity index (χ3v) is 6.75. The van der Waals surface area contributed by atoms with Crippen LogP contribution in [-0.4, -0.2) is 38.8 Å². The third-order valence-electron chi connectivity index (χ3n) is 2.30. The van der Waals surface area contributed by atoms with Gasteiger partial charge in [-0.05, 0) is 33.3 Å². The van der Waals surface area contributed by atoms with Crippen LogP contribution in [0.5, 0.6) is 0 Å². The lowest BCUT2D eigenvalue weighted by atomic mass is 10.2. The quantitative estimate of drug-likeness (QED) is 0.833. The Hall–Kier alpha value is -0.440. The van der Waals surface area contributed by atoms with Gasteiger partial charge in [-0.2, -0.15) is 4.31 Å². The van der Waals surface area contributed by atoms with Crippen molar-refractivity contribution >= 4 is 43.2 Å². The third kappa shape index (κ3) is 4.55. The molecule has 0 saturated heterocycles. The molecule has 1 amide bonds. The van der Waals surface area contributed by atoms with Gasteiger partial charge < -0.3 is 5.32 Å². The minimum atomic E-state index is -3.62. The van der Waals surface area contributed by atoms with Crippen LogP contribution in [0, 0.1) is 5.92 Å². The Balaban J connectivity index is 2.70. The second-order valence-corrected chi connectivity index (χ2v) is 8.53. The predicted molar refractivity (Wildman–Crippen MR) is 79.7 cm³/mol. The van der Waals surface area contributed by atoms with E-state index in [1.54, 1.807) is 11.4 Å². The zero-order valence-corrected chi connectivity index (χ0v) is 14.2. The van der Waals surface area contributed by atoms with E-state index >= 15 is 0 Å². The Bertz CT molecular complexity index is 540. The average molecular weight is 369 g/mol. The van der Waals surface area contributed by atoms with Crippen LogP contribution < -0.4 is 5.32 Å². The number of carbonyl (C=O) groups excluding carboxylic acids is 1. The van der Waals surface area contributed by atoms with Gasteiger partial charge in [-0.3, -0.25) is 4.79 Å². The number of hydrogen-bond donors (Lipinski definition) is 1. The topological polar surface area (TPSA) is 66.5 Å². The molecule has 108 valence electrons. The molecule has 1 aromatic heterocycles. The second-order valence-electron chi connectivity index (χ2n) is 4.52. The predicted octanol–water partition coefficient (Wildman–Crippen LogP) is 1.90. The standard InChI is InChI=1S/C11H17BrN2O3S2/c1-8(2)6-13-10(15)7-14(3)19(16,17)11-9(12)4-5-18-11/h4-5,8H,6-7H2,1-3H3,(H,13,15). The van der Waals surface area contributed by atoms with Gasteiger partial charge >= 0.3 is 0 Å². The van der Waals surface area contributed by atoms with E-state index < -0.39 is 10.0 Å². The minimum Gasteiger partial charge on any atom is -0.355 e. The van der Waals surface area contributed by atoms with Crippen molar-refractivity contribution in [3.05, 3.63) is 15.9 Å². The second kappa shape index (κ2) is 6.83. The molecule has 0 aliphatic heterocycles. The number of hydrogen-bond acceptors (Lipinski definition) is 4. The number of carbonyl (C=O) groups is 1. The molecule has 8 heteroatoms. The summed E-state index contributed by atoms with van der Waals surface area (Å²) in [5.74, 6) is 0.0322. The molecule has 1 aromatic rings. The lowest BCUT2D eigenvalue weighted by molar-refractivity contribution is -0.121. The Morgan fingerprint density at radius 1 is 1.53 bits per heavy atom. The summed E-state index contributed by atoms with van der Waals surface area (Å²) in [6.07, 6.45) is 0. The number of thiophene rings is 1. The highest BCUT2D eigenvalue weighted by molar-refractivity contribution is 9.10. The summed E-state index contributed by atoms with van der Waals surface area (Å²) in [6, 6.07) is 1.67. The van der Waals surface area contributed by atoms with Crippen molar-refractivity contribution in [2.45, 2.75) is 18.1 Å². The molecule has 0 bridgehead atoms. The molecule has 0 atom stereocenters. The molecule has 0 aliphatic rings. The summed E-state index contributed by atoms with van der Waals surface area (Å²) < 4.78 is 26.2. The van der Waals surface area contributed by atoms with E-state index in [1.165, 1.54) is 7.05 Å². The van der Waals surface area contributed by atoms with Crippen LogP contribution in [0.3, 0.4) is 0 Å². The summed E-state index contributed by atoms with van der Waals surface area (Å²) in [7, 11) is -2.22. The molecule has 0 fully saturated rings. The maximum absolute atomic E-state index is 12.2. The van der Waals surface area contributed by atoms with Gasteiger partial charge in [0, 0.05) is 18.1 Å². The van der Waals surface area contributed by atoms with Crippen molar-refractivity contribution in [2.24, 2.45) is 5.92 Å². The normalized spacial score (nSPS) is 12.1. The summed E-state index contributed by atoms with van der Waals surface area (Å²) in [5, 5.41) is 4.38. The van der Waals surface area contributed by atoms with Crippen molar-refractivity contribution in [1.82, 2.24) is 9.62 Å². The zero-order chi connectivity index (χ0) is 14.6. The molecule has 5 nitrogen and oxygen atoms in total. The first kappa shape index (κ1) is 16.6. The van der Waals surface area contributed by atoms with Crippen LogP contribution in [0.15, 0.2) is 20.1 Å². The molecule has 19 heavy (non-hydrogen) atoms. The van der Waals surface area contributed by atoms with Gasteiger partial charge in [-0.25, -0.2) is 8.42 Å². The van der Waals surface area contributed by atoms with Crippen molar-refractivity contribution in [2.75, 3.05) is 20.1 Å². The number of rotatable bonds is 6. The molecule has 1 rings (SSSR count). The van der Waals surface area contributed by atoms with Crippen LogP contribution in [0.2, 0.25) is 0 Å². The molecule has 1 heterocycles. The number of nitrogens with one attached hydrogen (secondary N) is 1. The molecule has 0 radical (unpaired) electrons. The van der Waals surface area contributed by atoms with E-state index in [-0.39, 0.29) is 16.7 Å². The van der Waals surface area contributed by atoms with Gasteiger partial charge in [0.25, 0.3) is 10.0 Å². The maximum atomic E-state index is 12.2. The lowest BCUT2D eigenvalue weighted by Crippen LogP contribution is -2.39. The van der Waals surface area contributed by atoms with Crippen molar-refractivity contribution in [3.63, 3.8) is 0 Å². The lowest BCUT2D eigenvalue weighted by Gasteiger charge is -2.16.